The molecule has 1 saturated carbocycles. The van der Waals surface area contributed by atoms with E-state index in [1.165, 1.54) is 49.6 Å². The Labute approximate surface area is 139 Å². The summed E-state index contributed by atoms with van der Waals surface area (Å²) in [6, 6.07) is 4.68. The predicted molar refractivity (Wildman–Crippen MR) is 93.9 cm³/mol. The Morgan fingerprint density at radius 2 is 1.96 bits per heavy atom. The minimum atomic E-state index is -0.0447. The van der Waals surface area contributed by atoms with Crippen molar-refractivity contribution in [2.24, 2.45) is 13.0 Å². The van der Waals surface area contributed by atoms with Gasteiger partial charge in [-0.3, -0.25) is 4.79 Å². The molecule has 0 aromatic carbocycles. The van der Waals surface area contributed by atoms with Gasteiger partial charge in [0.2, 0.25) is 0 Å². The van der Waals surface area contributed by atoms with Crippen molar-refractivity contribution in [3.8, 4) is 0 Å². The van der Waals surface area contributed by atoms with Gasteiger partial charge >= 0.3 is 0 Å². The fourth-order valence-corrected chi connectivity index (χ4v) is 3.92. The Kier molecular flexibility index (Phi) is 5.36. The van der Waals surface area contributed by atoms with Gasteiger partial charge in [-0.1, -0.05) is 6.92 Å². The zero-order valence-electron chi connectivity index (χ0n) is 14.5. The molecule has 2 fully saturated rings. The van der Waals surface area contributed by atoms with Gasteiger partial charge in [0.05, 0.1) is 0 Å². The summed E-state index contributed by atoms with van der Waals surface area (Å²) in [5, 5.41) is 8.25. The van der Waals surface area contributed by atoms with Crippen LogP contribution in [-0.4, -0.2) is 35.0 Å². The van der Waals surface area contributed by atoms with Crippen LogP contribution in [0.1, 0.15) is 51.9 Å². The largest absolute Gasteiger partial charge is 0.351 e. The first-order valence-corrected chi connectivity index (χ1v) is 9.18. The molecule has 1 atom stereocenters. The minimum Gasteiger partial charge on any atom is -0.351 e. The van der Waals surface area contributed by atoms with Crippen LogP contribution in [0, 0.1) is 5.92 Å². The fraction of sp³-hybridized carbons (Fsp3) is 0.778. The van der Waals surface area contributed by atoms with E-state index in [1.807, 2.05) is 6.07 Å². The van der Waals surface area contributed by atoms with Gasteiger partial charge in [-0.25, -0.2) is 4.68 Å². The lowest BCUT2D eigenvalue weighted by Crippen LogP contribution is -2.49. The Bertz CT molecular complexity index is 562. The van der Waals surface area contributed by atoms with E-state index in [1.54, 1.807) is 13.1 Å². The third-order valence-electron chi connectivity index (χ3n) is 5.53. The SMILES string of the molecule is CC1CCC(NCC2CCCCN2c2ccc(=O)n(C)n2)CC1. The molecule has 5 nitrogen and oxygen atoms in total. The second-order valence-electron chi connectivity index (χ2n) is 7.36. The molecule has 3 rings (SSSR count). The molecule has 1 aliphatic heterocycles. The third-order valence-corrected chi connectivity index (χ3v) is 5.53. The zero-order chi connectivity index (χ0) is 16.2. The smallest absolute Gasteiger partial charge is 0.266 e. The average Bonchev–Trinajstić information content (AvgIpc) is 2.57. The molecule has 1 aromatic heterocycles. The second kappa shape index (κ2) is 7.47. The van der Waals surface area contributed by atoms with E-state index in [0.717, 1.165) is 24.8 Å². The molecule has 2 heterocycles. The molecule has 1 N–H and O–H groups in total. The maximum atomic E-state index is 11.6. The van der Waals surface area contributed by atoms with E-state index >= 15 is 0 Å². The Hall–Kier alpha value is -1.36. The summed E-state index contributed by atoms with van der Waals surface area (Å²) < 4.78 is 1.44. The van der Waals surface area contributed by atoms with E-state index in [4.69, 9.17) is 0 Å². The van der Waals surface area contributed by atoms with Crippen LogP contribution in [0.3, 0.4) is 0 Å². The van der Waals surface area contributed by atoms with Gasteiger partial charge in [0.15, 0.2) is 0 Å². The van der Waals surface area contributed by atoms with Crippen molar-refractivity contribution >= 4 is 5.82 Å². The molecule has 2 aliphatic rings. The lowest BCUT2D eigenvalue weighted by Gasteiger charge is -2.38. The van der Waals surface area contributed by atoms with Gasteiger partial charge in [-0.05, 0) is 56.9 Å². The maximum Gasteiger partial charge on any atom is 0.266 e. The maximum absolute atomic E-state index is 11.6. The van der Waals surface area contributed by atoms with Crippen LogP contribution in [-0.2, 0) is 7.05 Å². The molecule has 1 unspecified atom stereocenters. The van der Waals surface area contributed by atoms with Crippen molar-refractivity contribution in [1.29, 1.82) is 0 Å². The average molecular weight is 318 g/mol. The van der Waals surface area contributed by atoms with Gasteiger partial charge in [0.1, 0.15) is 5.82 Å². The minimum absolute atomic E-state index is 0.0447. The standard InChI is InChI=1S/C18H30N4O/c1-14-6-8-15(9-7-14)19-13-16-5-3-4-12-22(16)17-10-11-18(23)21(2)20-17/h10-11,14-16,19H,3-9,12-13H2,1-2H3. The number of nitrogens with one attached hydrogen (secondary N) is 1. The highest BCUT2D eigenvalue weighted by Gasteiger charge is 2.25. The van der Waals surface area contributed by atoms with E-state index in [9.17, 15) is 4.79 Å². The molecule has 5 heteroatoms. The first-order valence-electron chi connectivity index (χ1n) is 9.18. The highest BCUT2D eigenvalue weighted by Crippen LogP contribution is 2.25. The number of hydrogen-bond donors (Lipinski definition) is 1. The van der Waals surface area contributed by atoms with Gasteiger partial charge in [-0.2, -0.15) is 5.10 Å². The van der Waals surface area contributed by atoms with Crippen LogP contribution < -0.4 is 15.8 Å². The third kappa shape index (κ3) is 4.14. The van der Waals surface area contributed by atoms with Gasteiger partial charge in [0, 0.05) is 38.3 Å². The van der Waals surface area contributed by atoms with Gasteiger partial charge < -0.3 is 10.2 Å². The number of nitrogens with zero attached hydrogens (tertiary/aromatic N) is 3. The molecule has 1 aromatic rings. The normalized spacial score (nSPS) is 28.8. The number of hydrogen-bond acceptors (Lipinski definition) is 4. The highest BCUT2D eigenvalue weighted by atomic mass is 16.1. The Morgan fingerprint density at radius 1 is 1.17 bits per heavy atom. The van der Waals surface area contributed by atoms with Crippen molar-refractivity contribution in [3.63, 3.8) is 0 Å². The van der Waals surface area contributed by atoms with E-state index < -0.39 is 0 Å². The van der Waals surface area contributed by atoms with Gasteiger partial charge in [0.25, 0.3) is 5.56 Å². The fourth-order valence-electron chi connectivity index (χ4n) is 3.92. The van der Waals surface area contributed by atoms with Crippen LogP contribution in [0.15, 0.2) is 16.9 Å². The van der Waals surface area contributed by atoms with Crippen LogP contribution in [0.4, 0.5) is 5.82 Å². The molecule has 1 aliphatic carbocycles. The number of piperidine rings is 1. The van der Waals surface area contributed by atoms with Crippen molar-refractivity contribution in [1.82, 2.24) is 15.1 Å². The van der Waals surface area contributed by atoms with E-state index in [0.29, 0.717) is 12.1 Å². The molecular weight excluding hydrogens is 288 g/mol. The summed E-state index contributed by atoms with van der Waals surface area (Å²) in [5.41, 5.74) is -0.0447. The first kappa shape index (κ1) is 16.5. The van der Waals surface area contributed by atoms with Crippen LogP contribution in [0.5, 0.6) is 0 Å². The monoisotopic (exact) mass is 318 g/mol. The lowest BCUT2D eigenvalue weighted by molar-refractivity contribution is 0.296. The van der Waals surface area contributed by atoms with Crippen LogP contribution in [0.25, 0.3) is 0 Å². The Morgan fingerprint density at radius 3 is 2.70 bits per heavy atom. The summed E-state index contributed by atoms with van der Waals surface area (Å²) in [6.45, 7) is 4.44. The molecule has 0 radical (unpaired) electrons. The van der Waals surface area contributed by atoms with Crippen LogP contribution >= 0.6 is 0 Å². The summed E-state index contributed by atoms with van der Waals surface area (Å²) >= 11 is 0. The summed E-state index contributed by atoms with van der Waals surface area (Å²) in [5.74, 6) is 1.84. The topological polar surface area (TPSA) is 50.2 Å². The molecule has 0 bridgehead atoms. The molecule has 1 saturated heterocycles. The molecule has 23 heavy (non-hydrogen) atoms. The first-order chi connectivity index (χ1) is 11.1. The van der Waals surface area contributed by atoms with Gasteiger partial charge in [-0.15, -0.1) is 0 Å². The molecule has 0 spiro atoms. The van der Waals surface area contributed by atoms with Crippen molar-refractivity contribution in [2.45, 2.75) is 64.0 Å². The van der Waals surface area contributed by atoms with Crippen molar-refractivity contribution < 1.29 is 0 Å². The second-order valence-corrected chi connectivity index (χ2v) is 7.36. The number of anilines is 1. The predicted octanol–water partition coefficient (Wildman–Crippen LogP) is 2.31. The summed E-state index contributed by atoms with van der Waals surface area (Å²) in [7, 11) is 1.73. The number of aryl methyl sites for hydroxylation is 1. The summed E-state index contributed by atoms with van der Waals surface area (Å²) in [6.07, 6.45) is 9.04. The van der Waals surface area contributed by atoms with E-state index in [2.05, 4.69) is 22.2 Å². The zero-order valence-corrected chi connectivity index (χ0v) is 14.5. The van der Waals surface area contributed by atoms with E-state index in [-0.39, 0.29) is 5.56 Å². The molecule has 0 amide bonds. The number of rotatable bonds is 4. The molecule has 128 valence electrons. The van der Waals surface area contributed by atoms with Crippen molar-refractivity contribution in [2.75, 3.05) is 18.0 Å². The Balaban J connectivity index is 1.62. The lowest BCUT2D eigenvalue weighted by atomic mass is 9.87. The molecular formula is C18H30N4O. The van der Waals surface area contributed by atoms with Crippen LogP contribution in [0.2, 0.25) is 0 Å². The van der Waals surface area contributed by atoms with Crippen molar-refractivity contribution in [3.05, 3.63) is 22.5 Å². The summed E-state index contributed by atoms with van der Waals surface area (Å²) in [4.78, 5) is 14.0. The highest BCUT2D eigenvalue weighted by molar-refractivity contribution is 5.38. The quantitative estimate of drug-likeness (QED) is 0.925. The number of aromatic nitrogens is 2.